The van der Waals surface area contributed by atoms with Gasteiger partial charge in [-0.1, -0.05) is 24.3 Å². The average Bonchev–Trinajstić information content (AvgIpc) is 3.32. The first kappa shape index (κ1) is 17.4. The molecule has 4 rings (SSSR count). The second-order valence-corrected chi connectivity index (χ2v) is 6.73. The summed E-state index contributed by atoms with van der Waals surface area (Å²) >= 11 is 0. The highest BCUT2D eigenvalue weighted by Gasteiger charge is 2.32. The fourth-order valence-electron chi connectivity index (χ4n) is 3.55. The number of aryl methyl sites for hydroxylation is 1. The number of hydrogen-bond donors (Lipinski definition) is 0. The Hall–Kier alpha value is -3.02. The Morgan fingerprint density at radius 2 is 2.07 bits per heavy atom. The molecule has 1 aliphatic heterocycles. The van der Waals surface area contributed by atoms with Crippen LogP contribution in [0.2, 0.25) is 0 Å². The summed E-state index contributed by atoms with van der Waals surface area (Å²) in [6.45, 7) is 2.38. The highest BCUT2D eigenvalue weighted by Crippen LogP contribution is 2.32. The van der Waals surface area contributed by atoms with Crippen LogP contribution in [0.15, 0.2) is 53.1 Å². The molecule has 0 spiro atoms. The second-order valence-electron chi connectivity index (χ2n) is 6.73. The van der Waals surface area contributed by atoms with Gasteiger partial charge in [0, 0.05) is 25.6 Å². The number of benzene rings is 1. The summed E-state index contributed by atoms with van der Waals surface area (Å²) in [6, 6.07) is 12.3. The van der Waals surface area contributed by atoms with Crippen LogP contribution in [0, 0.1) is 12.7 Å². The van der Waals surface area contributed by atoms with Gasteiger partial charge < -0.3 is 9.32 Å². The molecule has 1 aromatic carbocycles. The van der Waals surface area contributed by atoms with Gasteiger partial charge in [0.15, 0.2) is 11.6 Å². The van der Waals surface area contributed by atoms with Gasteiger partial charge in [-0.2, -0.15) is 0 Å². The number of aromatic nitrogens is 2. The molecule has 2 aromatic heterocycles. The molecule has 3 heterocycles. The highest BCUT2D eigenvalue weighted by atomic mass is 19.1. The molecule has 0 N–H and O–H groups in total. The third kappa shape index (κ3) is 3.60. The first-order valence-electron chi connectivity index (χ1n) is 9.04. The smallest absolute Gasteiger partial charge is 0.276 e. The van der Waals surface area contributed by atoms with Gasteiger partial charge in [0.25, 0.3) is 5.91 Å². The molecule has 6 heteroatoms. The van der Waals surface area contributed by atoms with E-state index in [4.69, 9.17) is 9.40 Å². The van der Waals surface area contributed by atoms with E-state index in [0.717, 1.165) is 24.2 Å². The number of pyridine rings is 1. The van der Waals surface area contributed by atoms with E-state index in [9.17, 15) is 9.18 Å². The fourth-order valence-corrected chi connectivity index (χ4v) is 3.55. The van der Waals surface area contributed by atoms with Crippen LogP contribution in [-0.2, 0) is 6.42 Å². The Morgan fingerprint density at radius 1 is 1.22 bits per heavy atom. The van der Waals surface area contributed by atoms with Crippen LogP contribution >= 0.6 is 0 Å². The molecule has 0 bridgehead atoms. The molecule has 27 heavy (non-hydrogen) atoms. The number of amides is 1. The molecule has 1 fully saturated rings. The van der Waals surface area contributed by atoms with E-state index in [1.807, 2.05) is 24.3 Å². The molecular weight excluding hydrogens is 345 g/mol. The Bertz CT molecular complexity index is 969. The largest absolute Gasteiger partial charge is 0.448 e. The zero-order valence-corrected chi connectivity index (χ0v) is 15.1. The van der Waals surface area contributed by atoms with Crippen molar-refractivity contribution in [1.29, 1.82) is 0 Å². The number of rotatable bonds is 4. The minimum absolute atomic E-state index is 0.102. The van der Waals surface area contributed by atoms with E-state index in [0.29, 0.717) is 30.1 Å². The SMILES string of the molecule is Cc1nc(C(=O)N2CCCC2c2cccc(Cc3ccccc3F)n2)co1. The van der Waals surface area contributed by atoms with Gasteiger partial charge in [0.2, 0.25) is 0 Å². The number of hydrogen-bond acceptors (Lipinski definition) is 4. The van der Waals surface area contributed by atoms with Crippen LogP contribution in [0.1, 0.15) is 52.2 Å². The third-order valence-corrected chi connectivity index (χ3v) is 4.85. The van der Waals surface area contributed by atoms with Crippen molar-refractivity contribution in [3.63, 3.8) is 0 Å². The molecule has 1 saturated heterocycles. The van der Waals surface area contributed by atoms with Crippen LogP contribution < -0.4 is 0 Å². The molecule has 5 nitrogen and oxygen atoms in total. The summed E-state index contributed by atoms with van der Waals surface area (Å²) in [5, 5.41) is 0. The Balaban J connectivity index is 1.57. The molecule has 1 atom stereocenters. The second kappa shape index (κ2) is 7.31. The number of halogens is 1. The van der Waals surface area contributed by atoms with Gasteiger partial charge >= 0.3 is 0 Å². The van der Waals surface area contributed by atoms with Crippen LogP contribution in [-0.4, -0.2) is 27.3 Å². The quantitative estimate of drug-likeness (QED) is 0.699. The van der Waals surface area contributed by atoms with E-state index in [1.54, 1.807) is 24.0 Å². The summed E-state index contributed by atoms with van der Waals surface area (Å²) in [7, 11) is 0. The molecular formula is C21H20FN3O2. The minimum Gasteiger partial charge on any atom is -0.448 e. The number of likely N-dealkylation sites (tertiary alicyclic amines) is 1. The van der Waals surface area contributed by atoms with E-state index >= 15 is 0 Å². The van der Waals surface area contributed by atoms with Crippen molar-refractivity contribution in [3.8, 4) is 0 Å². The number of carbonyl (C=O) groups excluding carboxylic acids is 1. The van der Waals surface area contributed by atoms with Crippen molar-refractivity contribution in [1.82, 2.24) is 14.9 Å². The third-order valence-electron chi connectivity index (χ3n) is 4.85. The van der Waals surface area contributed by atoms with Crippen LogP contribution in [0.25, 0.3) is 0 Å². The summed E-state index contributed by atoms with van der Waals surface area (Å²) in [6.07, 6.45) is 3.57. The van der Waals surface area contributed by atoms with Crippen LogP contribution in [0.3, 0.4) is 0 Å². The van der Waals surface area contributed by atoms with Gasteiger partial charge in [0.05, 0.1) is 11.7 Å². The maximum atomic E-state index is 13.9. The maximum absolute atomic E-state index is 13.9. The van der Waals surface area contributed by atoms with Crippen molar-refractivity contribution >= 4 is 5.91 Å². The Labute approximate surface area is 156 Å². The molecule has 1 unspecified atom stereocenters. The molecule has 1 aliphatic rings. The summed E-state index contributed by atoms with van der Waals surface area (Å²) in [4.78, 5) is 23.5. The lowest BCUT2D eigenvalue weighted by Crippen LogP contribution is -2.31. The Kier molecular flexibility index (Phi) is 4.71. The molecule has 1 amide bonds. The van der Waals surface area contributed by atoms with Crippen molar-refractivity contribution in [2.24, 2.45) is 0 Å². The van der Waals surface area contributed by atoms with Crippen molar-refractivity contribution in [2.45, 2.75) is 32.2 Å². The molecule has 0 saturated carbocycles. The molecule has 0 radical (unpaired) electrons. The van der Waals surface area contributed by atoms with Crippen LogP contribution in [0.4, 0.5) is 4.39 Å². The van der Waals surface area contributed by atoms with E-state index in [2.05, 4.69) is 4.98 Å². The van der Waals surface area contributed by atoms with Gasteiger partial charge in [-0.25, -0.2) is 9.37 Å². The Morgan fingerprint density at radius 3 is 2.85 bits per heavy atom. The van der Waals surface area contributed by atoms with E-state index in [-0.39, 0.29) is 17.8 Å². The standard InChI is InChI=1S/C21H20FN3O2/c1-14-23-19(13-27-14)21(26)25-11-5-10-20(25)18-9-4-7-16(24-18)12-15-6-2-3-8-17(15)22/h2-4,6-9,13,20H,5,10-12H2,1H3. The lowest BCUT2D eigenvalue weighted by molar-refractivity contribution is 0.0726. The predicted molar refractivity (Wildman–Crippen MR) is 97.7 cm³/mol. The first-order chi connectivity index (χ1) is 13.1. The average molecular weight is 365 g/mol. The molecule has 0 aliphatic carbocycles. The van der Waals surface area contributed by atoms with Gasteiger partial charge in [-0.15, -0.1) is 0 Å². The topological polar surface area (TPSA) is 59.2 Å². The van der Waals surface area contributed by atoms with Crippen molar-refractivity contribution < 1.29 is 13.6 Å². The van der Waals surface area contributed by atoms with Crippen molar-refractivity contribution in [2.75, 3.05) is 6.54 Å². The first-order valence-corrected chi connectivity index (χ1v) is 9.04. The number of carbonyl (C=O) groups is 1. The van der Waals surface area contributed by atoms with E-state index in [1.165, 1.54) is 12.3 Å². The predicted octanol–water partition coefficient (Wildman–Crippen LogP) is 4.09. The number of oxazole rings is 1. The lowest BCUT2D eigenvalue weighted by atomic mass is 10.1. The summed E-state index contributed by atoms with van der Waals surface area (Å²) in [5.74, 6) is 0.0959. The summed E-state index contributed by atoms with van der Waals surface area (Å²) < 4.78 is 19.1. The van der Waals surface area contributed by atoms with Gasteiger partial charge in [-0.3, -0.25) is 9.78 Å². The molecule has 138 valence electrons. The van der Waals surface area contributed by atoms with Gasteiger partial charge in [-0.05, 0) is 36.6 Å². The monoisotopic (exact) mass is 365 g/mol. The molecule has 3 aromatic rings. The zero-order chi connectivity index (χ0) is 18.8. The summed E-state index contributed by atoms with van der Waals surface area (Å²) in [5.41, 5.74) is 2.55. The maximum Gasteiger partial charge on any atom is 0.276 e. The minimum atomic E-state index is -0.233. The normalized spacial score (nSPS) is 16.7. The zero-order valence-electron chi connectivity index (χ0n) is 15.1. The lowest BCUT2D eigenvalue weighted by Gasteiger charge is -2.23. The highest BCUT2D eigenvalue weighted by molar-refractivity contribution is 5.92. The number of nitrogens with zero attached hydrogens (tertiary/aromatic N) is 3. The fraction of sp³-hybridized carbons (Fsp3) is 0.286. The van der Waals surface area contributed by atoms with Crippen molar-refractivity contribution in [3.05, 3.63) is 83.1 Å². The van der Waals surface area contributed by atoms with E-state index < -0.39 is 0 Å². The van der Waals surface area contributed by atoms with Gasteiger partial charge in [0.1, 0.15) is 12.1 Å². The van der Waals surface area contributed by atoms with Crippen LogP contribution in [0.5, 0.6) is 0 Å².